The molecule has 0 N–H and O–H groups in total. The second-order valence-electron chi connectivity index (χ2n) is 6.01. The number of rotatable bonds is 4. The van der Waals surface area contributed by atoms with E-state index in [9.17, 15) is 4.79 Å². The Balaban J connectivity index is 1.38. The van der Waals surface area contributed by atoms with Crippen LogP contribution in [0.4, 0.5) is 0 Å². The summed E-state index contributed by atoms with van der Waals surface area (Å²) in [6.45, 7) is 2.55. The van der Waals surface area contributed by atoms with Gasteiger partial charge in [-0.1, -0.05) is 0 Å². The van der Waals surface area contributed by atoms with Crippen LogP contribution in [-0.4, -0.2) is 43.4 Å². The molecule has 3 aliphatic rings. The fourth-order valence-electron chi connectivity index (χ4n) is 2.82. The molecule has 1 aromatic carbocycles. The standard InChI is InChI=1S/C16H19NO4/c18-16(12-3-4-14-15(7-12)21-10-20-14)17-6-5-13(8-17)19-9-11-1-2-11/h3-4,7,11,13H,1-2,5-6,8-10H2. The van der Waals surface area contributed by atoms with Crippen LogP contribution >= 0.6 is 0 Å². The number of likely N-dealkylation sites (tertiary alicyclic amines) is 1. The van der Waals surface area contributed by atoms with Gasteiger partial charge in [-0.05, 0) is 43.4 Å². The zero-order valence-electron chi connectivity index (χ0n) is 11.9. The number of fused-ring (bicyclic) bond motifs is 1. The van der Waals surface area contributed by atoms with Gasteiger partial charge in [0.05, 0.1) is 6.10 Å². The van der Waals surface area contributed by atoms with E-state index in [1.807, 2.05) is 4.90 Å². The third kappa shape index (κ3) is 2.70. The van der Waals surface area contributed by atoms with Crippen LogP contribution in [0.3, 0.4) is 0 Å². The summed E-state index contributed by atoms with van der Waals surface area (Å²) in [5.41, 5.74) is 0.655. The van der Waals surface area contributed by atoms with Crippen molar-refractivity contribution in [2.45, 2.75) is 25.4 Å². The fraction of sp³-hybridized carbons (Fsp3) is 0.562. The molecule has 1 aliphatic carbocycles. The lowest BCUT2D eigenvalue weighted by molar-refractivity contribution is 0.0480. The molecule has 1 saturated carbocycles. The Hall–Kier alpha value is -1.75. The van der Waals surface area contributed by atoms with Crippen LogP contribution in [0, 0.1) is 5.92 Å². The van der Waals surface area contributed by atoms with Gasteiger partial charge in [-0.25, -0.2) is 0 Å². The number of benzene rings is 1. The lowest BCUT2D eigenvalue weighted by Crippen LogP contribution is -2.30. The number of nitrogens with zero attached hydrogens (tertiary/aromatic N) is 1. The van der Waals surface area contributed by atoms with E-state index in [2.05, 4.69) is 0 Å². The van der Waals surface area contributed by atoms with E-state index in [-0.39, 0.29) is 18.8 Å². The quantitative estimate of drug-likeness (QED) is 0.851. The SMILES string of the molecule is O=C(c1ccc2c(c1)OCO2)N1CCC(OCC2CC2)C1. The van der Waals surface area contributed by atoms with Gasteiger partial charge in [0.2, 0.25) is 6.79 Å². The summed E-state index contributed by atoms with van der Waals surface area (Å²) in [4.78, 5) is 14.4. The maximum absolute atomic E-state index is 12.5. The van der Waals surface area contributed by atoms with Crippen LogP contribution in [-0.2, 0) is 4.74 Å². The van der Waals surface area contributed by atoms with Gasteiger partial charge in [0.15, 0.2) is 11.5 Å². The highest BCUT2D eigenvalue weighted by Gasteiger charge is 2.30. The van der Waals surface area contributed by atoms with Crippen LogP contribution in [0.1, 0.15) is 29.6 Å². The summed E-state index contributed by atoms with van der Waals surface area (Å²) in [5.74, 6) is 2.18. The Morgan fingerprint density at radius 1 is 1.24 bits per heavy atom. The van der Waals surface area contributed by atoms with Crippen molar-refractivity contribution in [2.24, 2.45) is 5.92 Å². The van der Waals surface area contributed by atoms with E-state index < -0.39 is 0 Å². The lowest BCUT2D eigenvalue weighted by atomic mass is 10.2. The molecule has 0 bridgehead atoms. The molecule has 1 amide bonds. The van der Waals surface area contributed by atoms with Crippen molar-refractivity contribution in [3.8, 4) is 11.5 Å². The second kappa shape index (κ2) is 5.22. The van der Waals surface area contributed by atoms with Crippen molar-refractivity contribution in [1.82, 2.24) is 4.90 Å². The number of amides is 1. The third-order valence-electron chi connectivity index (χ3n) is 4.32. The molecule has 1 saturated heterocycles. The molecule has 0 radical (unpaired) electrons. The number of hydrogen-bond donors (Lipinski definition) is 0. The normalized spacial score (nSPS) is 23.6. The number of carbonyl (C=O) groups is 1. The summed E-state index contributed by atoms with van der Waals surface area (Å²) in [5, 5.41) is 0. The summed E-state index contributed by atoms with van der Waals surface area (Å²) in [6.07, 6.45) is 3.73. The van der Waals surface area contributed by atoms with Crippen molar-refractivity contribution in [2.75, 3.05) is 26.5 Å². The monoisotopic (exact) mass is 289 g/mol. The molecular formula is C16H19NO4. The molecule has 2 heterocycles. The number of ether oxygens (including phenoxy) is 3. The van der Waals surface area contributed by atoms with Gasteiger partial charge in [-0.3, -0.25) is 4.79 Å². The lowest BCUT2D eigenvalue weighted by Gasteiger charge is -2.17. The average Bonchev–Trinajstić information content (AvgIpc) is 3.03. The first-order chi connectivity index (χ1) is 10.3. The zero-order chi connectivity index (χ0) is 14.2. The summed E-state index contributed by atoms with van der Waals surface area (Å²) in [6, 6.07) is 5.37. The van der Waals surface area contributed by atoms with E-state index >= 15 is 0 Å². The third-order valence-corrected chi connectivity index (χ3v) is 4.32. The smallest absolute Gasteiger partial charge is 0.254 e. The summed E-state index contributed by atoms with van der Waals surface area (Å²) >= 11 is 0. The zero-order valence-corrected chi connectivity index (χ0v) is 11.9. The molecule has 2 aliphatic heterocycles. The van der Waals surface area contributed by atoms with Crippen molar-refractivity contribution in [1.29, 1.82) is 0 Å². The van der Waals surface area contributed by atoms with Crippen LogP contribution in [0.2, 0.25) is 0 Å². The largest absolute Gasteiger partial charge is 0.454 e. The van der Waals surface area contributed by atoms with E-state index in [0.29, 0.717) is 23.6 Å². The van der Waals surface area contributed by atoms with Gasteiger partial charge >= 0.3 is 0 Å². The van der Waals surface area contributed by atoms with Gasteiger partial charge in [0.1, 0.15) is 0 Å². The molecule has 1 atom stereocenters. The van der Waals surface area contributed by atoms with E-state index in [1.54, 1.807) is 18.2 Å². The maximum atomic E-state index is 12.5. The minimum Gasteiger partial charge on any atom is -0.454 e. The van der Waals surface area contributed by atoms with Crippen LogP contribution in [0.5, 0.6) is 11.5 Å². The Labute approximate surface area is 123 Å². The molecule has 112 valence electrons. The van der Waals surface area contributed by atoms with E-state index in [0.717, 1.165) is 25.5 Å². The number of hydrogen-bond acceptors (Lipinski definition) is 4. The van der Waals surface area contributed by atoms with Crippen molar-refractivity contribution in [3.63, 3.8) is 0 Å². The van der Waals surface area contributed by atoms with Gasteiger partial charge in [-0.15, -0.1) is 0 Å². The first-order valence-corrected chi connectivity index (χ1v) is 7.60. The molecule has 2 fully saturated rings. The minimum atomic E-state index is 0.0471. The molecule has 21 heavy (non-hydrogen) atoms. The molecule has 0 spiro atoms. The van der Waals surface area contributed by atoms with Crippen molar-refractivity contribution in [3.05, 3.63) is 23.8 Å². The highest BCUT2D eigenvalue weighted by atomic mass is 16.7. The molecule has 1 unspecified atom stereocenters. The first kappa shape index (κ1) is 13.0. The number of carbonyl (C=O) groups excluding carboxylic acids is 1. The predicted molar refractivity (Wildman–Crippen MR) is 75.5 cm³/mol. The topological polar surface area (TPSA) is 48.0 Å². The van der Waals surface area contributed by atoms with Crippen LogP contribution in [0.15, 0.2) is 18.2 Å². The van der Waals surface area contributed by atoms with Gasteiger partial charge < -0.3 is 19.1 Å². The highest BCUT2D eigenvalue weighted by molar-refractivity contribution is 5.95. The molecule has 5 heteroatoms. The van der Waals surface area contributed by atoms with Crippen LogP contribution in [0.25, 0.3) is 0 Å². The average molecular weight is 289 g/mol. The molecular weight excluding hydrogens is 270 g/mol. The van der Waals surface area contributed by atoms with E-state index in [4.69, 9.17) is 14.2 Å². The van der Waals surface area contributed by atoms with Gasteiger partial charge in [-0.2, -0.15) is 0 Å². The Morgan fingerprint density at radius 2 is 2.10 bits per heavy atom. The van der Waals surface area contributed by atoms with Gasteiger partial charge in [0.25, 0.3) is 5.91 Å². The molecule has 1 aromatic rings. The summed E-state index contributed by atoms with van der Waals surface area (Å²) < 4.78 is 16.5. The Morgan fingerprint density at radius 3 is 2.95 bits per heavy atom. The summed E-state index contributed by atoms with van der Waals surface area (Å²) in [7, 11) is 0. The Kier molecular flexibility index (Phi) is 3.22. The first-order valence-electron chi connectivity index (χ1n) is 7.60. The molecule has 5 nitrogen and oxygen atoms in total. The maximum Gasteiger partial charge on any atom is 0.254 e. The van der Waals surface area contributed by atoms with Crippen molar-refractivity contribution < 1.29 is 19.0 Å². The molecule has 0 aromatic heterocycles. The Bertz CT molecular complexity index is 555. The van der Waals surface area contributed by atoms with Crippen LogP contribution < -0.4 is 9.47 Å². The minimum absolute atomic E-state index is 0.0471. The van der Waals surface area contributed by atoms with Gasteiger partial charge in [0, 0.05) is 25.3 Å². The second-order valence-corrected chi connectivity index (χ2v) is 6.01. The van der Waals surface area contributed by atoms with E-state index in [1.165, 1.54) is 12.8 Å². The fourth-order valence-corrected chi connectivity index (χ4v) is 2.82. The molecule has 4 rings (SSSR count). The predicted octanol–water partition coefficient (Wildman–Crippen LogP) is 2.06. The highest BCUT2D eigenvalue weighted by Crippen LogP contribution is 2.33. The van der Waals surface area contributed by atoms with Crippen molar-refractivity contribution >= 4 is 5.91 Å².